The quantitative estimate of drug-likeness (QED) is 0.0695. The van der Waals surface area contributed by atoms with E-state index in [1.54, 1.807) is 79.6 Å². The second-order valence-corrected chi connectivity index (χ2v) is 39.4. The van der Waals surface area contributed by atoms with Crippen LogP contribution in [0.4, 0.5) is 64.2 Å². The van der Waals surface area contributed by atoms with Gasteiger partial charge in [0, 0.05) is 127 Å². The summed E-state index contributed by atoms with van der Waals surface area (Å²) >= 11 is 0. The molecule has 1 atom stereocenters. The molecule has 0 saturated heterocycles. The summed E-state index contributed by atoms with van der Waals surface area (Å²) in [5.74, 6) is 2.21. The highest BCUT2D eigenvalue weighted by atomic mass is 19.3. The Morgan fingerprint density at radius 2 is 0.590 bits per heavy atom. The summed E-state index contributed by atoms with van der Waals surface area (Å²) in [4.78, 5) is 53.9. The molecule has 0 amide bonds. The molecular weight excluding hydrogens is 1870 g/mol. The van der Waals surface area contributed by atoms with Crippen LogP contribution in [0.25, 0.3) is 56.7 Å². The van der Waals surface area contributed by atoms with Crippen LogP contribution in [0, 0.1) is 29.1 Å². The molecule has 5 N–H and O–H groups in total. The third-order valence-electron chi connectivity index (χ3n) is 29.2. The van der Waals surface area contributed by atoms with Crippen LogP contribution in [0.5, 0.6) is 29.4 Å². The Morgan fingerprint density at radius 3 is 0.882 bits per heavy atom. The fourth-order valence-corrected chi connectivity index (χ4v) is 19.9. The molecule has 740 valence electrons. The molecule has 20 heterocycles. The molecule has 5 aliphatic heterocycles. The minimum Gasteiger partial charge on any atom is -0.475 e. The van der Waals surface area contributed by atoms with Crippen molar-refractivity contribution in [3.05, 3.63) is 271 Å². The number of alkyl halides is 3. The molecule has 15 aromatic rings. The highest BCUT2D eigenvalue weighted by Gasteiger charge is 2.58. The zero-order chi connectivity index (χ0) is 102. The average molecular weight is 1970 g/mol. The molecule has 7 saturated carbocycles. The van der Waals surface area contributed by atoms with Gasteiger partial charge >= 0.3 is 6.05 Å². The van der Waals surface area contributed by atoms with Gasteiger partial charge in [0.25, 0.3) is 0 Å². The second kappa shape index (κ2) is 33.6. The van der Waals surface area contributed by atoms with Gasteiger partial charge in [-0.25, -0.2) is 98.8 Å². The first-order valence-electron chi connectivity index (χ1n) is 48.6. The maximum absolute atomic E-state index is 14.5. The summed E-state index contributed by atoms with van der Waals surface area (Å²) in [5, 5.41) is 36.7. The van der Waals surface area contributed by atoms with Crippen molar-refractivity contribution in [3.8, 4) is 29.4 Å². The summed E-state index contributed by atoms with van der Waals surface area (Å²) in [6.07, 6.45) is 32.4. The molecule has 7 fully saturated rings. The number of nitrogens with zero attached hydrogens (tertiary/aromatic N) is 25. The number of aromatic nitrogens is 20. The van der Waals surface area contributed by atoms with Gasteiger partial charge in [-0.15, -0.1) is 0 Å². The van der Waals surface area contributed by atoms with Gasteiger partial charge < -0.3 is 74.8 Å². The largest absolute Gasteiger partial charge is 0.475 e. The Balaban J connectivity index is 0.000000101. The molecule has 35 nitrogen and oxygen atoms in total. The molecule has 0 radical (unpaired) electrons. The summed E-state index contributed by atoms with van der Waals surface area (Å²) in [5.41, 5.74) is 7.86. The van der Waals surface area contributed by atoms with Gasteiger partial charge in [0.05, 0.1) is 134 Å². The van der Waals surface area contributed by atoms with Crippen LogP contribution in [-0.2, 0) is 27.7 Å². The van der Waals surface area contributed by atoms with E-state index in [4.69, 9.17) is 42.7 Å². The molecule has 15 aromatic heterocycles. The van der Waals surface area contributed by atoms with Crippen molar-refractivity contribution in [2.45, 2.75) is 160 Å². The third kappa shape index (κ3) is 16.3. The van der Waals surface area contributed by atoms with Crippen molar-refractivity contribution >= 4 is 85.8 Å². The van der Waals surface area contributed by atoms with Crippen molar-refractivity contribution < 1.29 is 62.9 Å². The number of pyridine rings is 5. The zero-order valence-corrected chi connectivity index (χ0v) is 79.2. The third-order valence-corrected chi connectivity index (χ3v) is 29.2. The SMILES string of the molecule is C=C1NC(C)(C)COc2ncc(F)cc2C2(CC2)N(C)c2ccn3ncc1c3n2.C=C1NC(F)(F)COc2ncc(F)cc2C2(CC2)N(C)c2ccn3ncc1c3n2.C=C1NC(F)COc2ncc(F)cc2C2(CC2)N(C)c2ccn3ncc1c3n2.C=C1NC2(CC2)COc2ncc(F)cc2C2(CC2)N(C)c2ccn3ncc1c3n2.[2H]C([2H])([2H])N1c2ccn3ncc(c3n2)C(=C)NC2(CC2)COc2ncc(F)cc2C12CC2. The number of halogens is 8. The normalized spacial score (nSPS) is 20.9. The van der Waals surface area contributed by atoms with E-state index < -0.39 is 71.1 Å². The molecule has 144 heavy (non-hydrogen) atoms. The van der Waals surface area contributed by atoms with Gasteiger partial charge in [-0.3, -0.25) is 0 Å². The van der Waals surface area contributed by atoms with Crippen LogP contribution in [0.1, 0.15) is 163 Å². The molecule has 0 aromatic carbocycles. The standard InChI is InChI=1S/2C21H21FN6O.C21H23FN6O.C19H17F3N6O.C19H18F2N6O/c2*1-13-15-11-24-28-8-3-17(25-18(15)28)27(2)21(6-7-21)16-9-14(22)10-23-19(16)29-12-20(26-13)4-5-20;1-13-15-11-24-28-8-5-17(25-18(15)28)27(4)21(6-7-21)16-9-14(22)10-23-19(16)29-12-20(2,3)26-13;1-11-13-9-24-28-6-3-15(25-16(13)28)27(2)18(4-5-18)14-7-12(20)8-23-17(14)29-10-19(21,22)26-11;1-11-13-9-23-27-6-3-16(25-17(13)27)26(2)19(4-5-19)14-7-12(20)8-22-18(14)28-10-15(21)24-11/h2*3,8-11,26H,1,4-7,12H2,2H3;5,8-11,26H,1,6-7,12H2,2-4H3;3,6-9,26H,1,4-5,10H2,2H3;3,6-9,15,24H,1,4-5,10H2,2H3/i2D3;;;;. The van der Waals surface area contributed by atoms with Crippen LogP contribution in [0.3, 0.4) is 0 Å². The summed E-state index contributed by atoms with van der Waals surface area (Å²) in [6.45, 7) is 21.5. The van der Waals surface area contributed by atoms with Crippen molar-refractivity contribution in [2.24, 2.45) is 0 Å². The van der Waals surface area contributed by atoms with E-state index in [0.717, 1.165) is 134 Å². The van der Waals surface area contributed by atoms with E-state index in [1.165, 1.54) is 52.3 Å². The Kier molecular flexibility index (Phi) is 20.6. The number of fused-ring (bicyclic) bond motifs is 15. The van der Waals surface area contributed by atoms with Crippen molar-refractivity contribution in [3.63, 3.8) is 0 Å². The first-order valence-corrected chi connectivity index (χ1v) is 47.1. The fraction of sp³-hybridized carbons (Fsp3) is 0.356. The monoisotopic (exact) mass is 1970 g/mol. The maximum atomic E-state index is 14.5. The summed E-state index contributed by atoms with van der Waals surface area (Å²) in [6, 6.07) is 12.7. The Morgan fingerprint density at radius 1 is 0.333 bits per heavy atom. The summed E-state index contributed by atoms with van der Waals surface area (Å²) < 4.78 is 177. The first kappa shape index (κ1) is 88.2. The highest BCUT2D eigenvalue weighted by Crippen LogP contribution is 2.60. The van der Waals surface area contributed by atoms with Crippen LogP contribution < -0.4 is 74.8 Å². The predicted molar refractivity (Wildman–Crippen MR) is 519 cm³/mol. The number of ether oxygens (including phenoxy) is 5. The maximum Gasteiger partial charge on any atom is 0.357 e. The Labute approximate surface area is 823 Å². The minimum atomic E-state index is -3.44. The second-order valence-electron chi connectivity index (χ2n) is 39.4. The topological polar surface area (TPSA) is 338 Å². The molecular formula is C101H100F8N30O5. The van der Waals surface area contributed by atoms with Gasteiger partial charge in [-0.1, -0.05) is 32.9 Å². The number of nitrogens with one attached hydrogen (secondary N) is 5. The van der Waals surface area contributed by atoms with E-state index in [2.05, 4.69) is 130 Å². The molecule has 27 rings (SSSR count). The van der Waals surface area contributed by atoms with Crippen molar-refractivity contribution in [2.75, 3.05) is 92.7 Å². The Hall–Kier alpha value is -16.0. The molecule has 7 spiro atoms. The van der Waals surface area contributed by atoms with E-state index in [0.29, 0.717) is 136 Å². The predicted octanol–water partition coefficient (Wildman–Crippen LogP) is 14.4. The van der Waals surface area contributed by atoms with Crippen LogP contribution in [-0.4, -0.2) is 195 Å². The van der Waals surface area contributed by atoms with E-state index in [1.807, 2.05) is 82.4 Å². The molecule has 12 aliphatic rings. The number of hydrogen-bond donors (Lipinski definition) is 5. The van der Waals surface area contributed by atoms with Gasteiger partial charge in [0.2, 0.25) is 35.7 Å². The smallest absolute Gasteiger partial charge is 0.357 e. The molecule has 7 aliphatic carbocycles. The zero-order valence-electron chi connectivity index (χ0n) is 82.2. The van der Waals surface area contributed by atoms with Crippen molar-refractivity contribution in [1.82, 2.24) is 124 Å². The lowest BCUT2D eigenvalue weighted by atomic mass is 10.0. The molecule has 1 unspecified atom stereocenters. The van der Waals surface area contributed by atoms with Crippen LogP contribution in [0.2, 0.25) is 0 Å². The van der Waals surface area contributed by atoms with Crippen LogP contribution in [0.15, 0.2) is 187 Å². The van der Waals surface area contributed by atoms with Gasteiger partial charge in [-0.2, -0.15) is 34.3 Å². The van der Waals surface area contributed by atoms with E-state index in [9.17, 15) is 35.1 Å². The number of hydrogen-bond acceptors (Lipinski definition) is 30. The summed E-state index contributed by atoms with van der Waals surface area (Å²) in [7, 11) is 7.71. The minimum absolute atomic E-state index is 0.0221. The number of anilines is 5. The van der Waals surface area contributed by atoms with Gasteiger partial charge in [-0.05, 0) is 164 Å². The van der Waals surface area contributed by atoms with Gasteiger partial charge in [0.1, 0.15) is 84.6 Å². The molecule has 43 heteroatoms. The van der Waals surface area contributed by atoms with Gasteiger partial charge in [0.15, 0.2) is 34.8 Å². The lowest BCUT2D eigenvalue weighted by Gasteiger charge is -2.31. The fourth-order valence-electron chi connectivity index (χ4n) is 19.9. The van der Waals surface area contributed by atoms with E-state index in [-0.39, 0.29) is 64.0 Å². The van der Waals surface area contributed by atoms with E-state index >= 15 is 0 Å². The lowest BCUT2D eigenvalue weighted by molar-refractivity contribution is -0.0580. The first-order chi connectivity index (χ1) is 70.3. The highest BCUT2D eigenvalue weighted by molar-refractivity contribution is 5.80. The lowest BCUT2D eigenvalue weighted by Crippen LogP contribution is -2.43. The Bertz CT molecular complexity index is 7500. The van der Waals surface area contributed by atoms with Crippen molar-refractivity contribution in [1.29, 1.82) is 0 Å². The number of rotatable bonds is 0. The van der Waals surface area contributed by atoms with Crippen LogP contribution >= 0.6 is 0 Å². The molecule has 10 bridgehead atoms. The average Bonchev–Trinajstić information content (AvgIpc) is 1.53.